The number of benzene rings is 1. The van der Waals surface area contributed by atoms with E-state index in [0.29, 0.717) is 12.2 Å². The van der Waals surface area contributed by atoms with Gasteiger partial charge in [0.1, 0.15) is 11.9 Å². The Kier molecular flexibility index (Phi) is 9.72. The van der Waals surface area contributed by atoms with Gasteiger partial charge < -0.3 is 14.8 Å². The van der Waals surface area contributed by atoms with E-state index < -0.39 is 30.5 Å². The summed E-state index contributed by atoms with van der Waals surface area (Å²) in [5.74, 6) is -1.58. The molecule has 0 unspecified atom stereocenters. The van der Waals surface area contributed by atoms with Crippen molar-refractivity contribution in [3.8, 4) is 0 Å². The number of methoxy groups -OCH3 is 1. The number of nitrogens with one attached hydrogen (secondary N) is 1. The van der Waals surface area contributed by atoms with Crippen molar-refractivity contribution in [2.24, 2.45) is 5.92 Å². The zero-order valence-corrected chi connectivity index (χ0v) is 15.9. The van der Waals surface area contributed by atoms with Crippen molar-refractivity contribution in [2.75, 3.05) is 19.5 Å². The number of carbonyl (C=O) groups excluding carboxylic acids is 3. The summed E-state index contributed by atoms with van der Waals surface area (Å²) < 4.78 is 22.4. The zero-order chi connectivity index (χ0) is 19.5. The van der Waals surface area contributed by atoms with Crippen LogP contribution in [0.4, 0.5) is 4.39 Å². The third-order valence-corrected chi connectivity index (χ3v) is 4.75. The van der Waals surface area contributed by atoms with Crippen LogP contribution in [-0.4, -0.2) is 43.4 Å². The van der Waals surface area contributed by atoms with Gasteiger partial charge in [0.25, 0.3) is 5.91 Å². The summed E-state index contributed by atoms with van der Waals surface area (Å²) in [6, 6.07) is 5.17. The predicted molar refractivity (Wildman–Crippen MR) is 96.1 cm³/mol. The third kappa shape index (κ3) is 7.86. The van der Waals surface area contributed by atoms with Crippen molar-refractivity contribution in [3.05, 3.63) is 30.1 Å². The normalized spacial score (nSPS) is 12.8. The molecule has 1 N–H and O–H groups in total. The van der Waals surface area contributed by atoms with Crippen LogP contribution in [0.15, 0.2) is 29.2 Å². The summed E-state index contributed by atoms with van der Waals surface area (Å²) in [7, 11) is 1.25. The lowest BCUT2D eigenvalue weighted by Gasteiger charge is -2.21. The van der Waals surface area contributed by atoms with Crippen molar-refractivity contribution in [2.45, 2.75) is 37.6 Å². The molecule has 0 aliphatic heterocycles. The molecule has 1 rings (SSSR count). The zero-order valence-electron chi connectivity index (χ0n) is 15.1. The predicted octanol–water partition coefficient (Wildman–Crippen LogP) is 2.56. The van der Waals surface area contributed by atoms with Crippen LogP contribution in [0, 0.1) is 11.7 Å². The molecule has 0 radical (unpaired) electrons. The minimum Gasteiger partial charge on any atom is -0.467 e. The first-order valence-corrected chi connectivity index (χ1v) is 9.27. The molecule has 2 atom stereocenters. The number of amides is 1. The van der Waals surface area contributed by atoms with E-state index in [1.54, 1.807) is 12.1 Å². The van der Waals surface area contributed by atoms with E-state index >= 15 is 0 Å². The van der Waals surface area contributed by atoms with Gasteiger partial charge in [0, 0.05) is 10.6 Å². The third-order valence-electron chi connectivity index (χ3n) is 3.74. The molecule has 1 aromatic rings. The molecule has 1 aromatic carbocycles. The van der Waals surface area contributed by atoms with Crippen LogP contribution in [-0.2, 0) is 23.9 Å². The molecule has 0 bridgehead atoms. The van der Waals surface area contributed by atoms with Crippen molar-refractivity contribution < 1.29 is 28.2 Å². The van der Waals surface area contributed by atoms with E-state index in [-0.39, 0.29) is 18.2 Å². The molecule has 0 saturated heterocycles. The van der Waals surface area contributed by atoms with Crippen molar-refractivity contribution in [3.63, 3.8) is 0 Å². The standard InChI is InChI=1S/C18H24FNO5S/c1-4-12(2)17(18(23)24-3)20-15(21)11-25-16(22)9-10-26-14-7-5-13(19)6-8-14/h5-8,12,17H,4,9-11H2,1-3H3,(H,20,21)/t12-,17+/m0/s1. The summed E-state index contributed by atoms with van der Waals surface area (Å²) in [4.78, 5) is 36.1. The van der Waals surface area contributed by atoms with Crippen LogP contribution >= 0.6 is 11.8 Å². The van der Waals surface area contributed by atoms with E-state index in [1.165, 1.54) is 31.0 Å². The molecule has 26 heavy (non-hydrogen) atoms. The van der Waals surface area contributed by atoms with Crippen LogP contribution in [0.25, 0.3) is 0 Å². The molecular formula is C18H24FNO5S. The van der Waals surface area contributed by atoms with Gasteiger partial charge >= 0.3 is 11.9 Å². The van der Waals surface area contributed by atoms with Gasteiger partial charge in [0.15, 0.2) is 6.61 Å². The van der Waals surface area contributed by atoms with Crippen LogP contribution in [0.5, 0.6) is 0 Å². The van der Waals surface area contributed by atoms with Gasteiger partial charge in [0.2, 0.25) is 0 Å². The van der Waals surface area contributed by atoms with Crippen molar-refractivity contribution in [1.82, 2.24) is 5.32 Å². The Morgan fingerprint density at radius 2 is 1.88 bits per heavy atom. The fourth-order valence-electron chi connectivity index (χ4n) is 2.01. The van der Waals surface area contributed by atoms with E-state index in [9.17, 15) is 18.8 Å². The fourth-order valence-corrected chi connectivity index (χ4v) is 2.85. The van der Waals surface area contributed by atoms with Gasteiger partial charge in [-0.3, -0.25) is 9.59 Å². The maximum atomic E-state index is 12.8. The first-order valence-electron chi connectivity index (χ1n) is 8.28. The van der Waals surface area contributed by atoms with Gasteiger partial charge in [-0.1, -0.05) is 20.3 Å². The first-order chi connectivity index (χ1) is 12.4. The maximum Gasteiger partial charge on any atom is 0.328 e. The van der Waals surface area contributed by atoms with Crippen molar-refractivity contribution in [1.29, 1.82) is 0 Å². The molecule has 0 spiro atoms. The highest BCUT2D eigenvalue weighted by Crippen LogP contribution is 2.19. The lowest BCUT2D eigenvalue weighted by molar-refractivity contribution is -0.150. The Morgan fingerprint density at radius 1 is 1.23 bits per heavy atom. The number of carbonyl (C=O) groups is 3. The topological polar surface area (TPSA) is 81.7 Å². The average molecular weight is 385 g/mol. The minimum absolute atomic E-state index is 0.103. The monoisotopic (exact) mass is 385 g/mol. The number of rotatable bonds is 10. The Balaban J connectivity index is 2.33. The molecule has 0 saturated carbocycles. The largest absolute Gasteiger partial charge is 0.467 e. The number of thioether (sulfide) groups is 1. The summed E-state index contributed by atoms with van der Waals surface area (Å²) >= 11 is 1.39. The summed E-state index contributed by atoms with van der Waals surface area (Å²) in [6.07, 6.45) is 0.793. The second kappa shape index (κ2) is 11.5. The Hall–Kier alpha value is -2.09. The van der Waals surface area contributed by atoms with Gasteiger partial charge in [-0.05, 0) is 30.2 Å². The smallest absolute Gasteiger partial charge is 0.328 e. The lowest BCUT2D eigenvalue weighted by atomic mass is 9.99. The van der Waals surface area contributed by atoms with Crippen LogP contribution in [0.2, 0.25) is 0 Å². The second-order valence-electron chi connectivity index (χ2n) is 5.67. The van der Waals surface area contributed by atoms with Gasteiger partial charge in [0.05, 0.1) is 13.5 Å². The maximum absolute atomic E-state index is 12.8. The van der Waals surface area contributed by atoms with Crippen LogP contribution in [0.1, 0.15) is 26.7 Å². The SMILES string of the molecule is CC[C@H](C)[C@@H](NC(=O)COC(=O)CCSc1ccc(F)cc1)C(=O)OC. The quantitative estimate of drug-likeness (QED) is 0.492. The number of halogens is 1. The molecular weight excluding hydrogens is 361 g/mol. The molecule has 6 nitrogen and oxygen atoms in total. The summed E-state index contributed by atoms with van der Waals surface area (Å²) in [6.45, 7) is 3.26. The van der Waals surface area contributed by atoms with E-state index in [0.717, 1.165) is 4.90 Å². The average Bonchev–Trinajstić information content (AvgIpc) is 2.64. The summed E-state index contributed by atoms with van der Waals surface area (Å²) in [5, 5.41) is 2.53. The Bertz CT molecular complexity index is 608. The molecule has 144 valence electrons. The summed E-state index contributed by atoms with van der Waals surface area (Å²) in [5.41, 5.74) is 0. The molecule has 0 heterocycles. The van der Waals surface area contributed by atoms with Gasteiger partial charge in [-0.2, -0.15) is 0 Å². The molecule has 1 amide bonds. The number of esters is 2. The Labute approximate surface area is 156 Å². The number of hydrogen-bond donors (Lipinski definition) is 1. The molecule has 8 heteroatoms. The second-order valence-corrected chi connectivity index (χ2v) is 6.84. The lowest BCUT2D eigenvalue weighted by Crippen LogP contribution is -2.47. The Morgan fingerprint density at radius 3 is 2.46 bits per heavy atom. The highest BCUT2D eigenvalue weighted by molar-refractivity contribution is 7.99. The minimum atomic E-state index is -0.773. The van der Waals surface area contributed by atoms with Crippen LogP contribution in [0.3, 0.4) is 0 Å². The number of ether oxygens (including phenoxy) is 2. The first kappa shape index (κ1) is 22.0. The molecule has 0 aliphatic carbocycles. The van der Waals surface area contributed by atoms with E-state index in [1.807, 2.05) is 13.8 Å². The molecule has 0 aliphatic rings. The van der Waals surface area contributed by atoms with Crippen molar-refractivity contribution >= 4 is 29.6 Å². The van der Waals surface area contributed by atoms with E-state index in [2.05, 4.69) is 10.1 Å². The molecule has 0 aromatic heterocycles. The molecule has 0 fully saturated rings. The number of hydrogen-bond acceptors (Lipinski definition) is 6. The van der Waals surface area contributed by atoms with Gasteiger partial charge in [-0.15, -0.1) is 11.8 Å². The van der Waals surface area contributed by atoms with Gasteiger partial charge in [-0.25, -0.2) is 9.18 Å². The van der Waals surface area contributed by atoms with E-state index in [4.69, 9.17) is 4.74 Å². The highest BCUT2D eigenvalue weighted by Gasteiger charge is 2.26. The van der Waals surface area contributed by atoms with Crippen LogP contribution < -0.4 is 5.32 Å². The fraction of sp³-hybridized carbons (Fsp3) is 0.500. The highest BCUT2D eigenvalue weighted by atomic mass is 32.2.